The minimum absolute atomic E-state index is 0.246. The van der Waals surface area contributed by atoms with Crippen LogP contribution in [0.25, 0.3) is 0 Å². The zero-order valence-corrected chi connectivity index (χ0v) is 11.3. The fourth-order valence-corrected chi connectivity index (χ4v) is 1.75. The van der Waals surface area contributed by atoms with E-state index in [-0.39, 0.29) is 5.56 Å². The van der Waals surface area contributed by atoms with E-state index in [0.29, 0.717) is 18.7 Å². The smallest absolute Gasteiger partial charge is 0.412 e. The maximum Gasteiger partial charge on any atom is 0.412 e. The van der Waals surface area contributed by atoms with E-state index in [1.807, 2.05) is 6.07 Å². The van der Waals surface area contributed by atoms with Crippen LogP contribution in [0.1, 0.15) is 15.9 Å². The van der Waals surface area contributed by atoms with E-state index in [1.54, 1.807) is 48.5 Å². The van der Waals surface area contributed by atoms with Crippen LogP contribution in [0.2, 0.25) is 0 Å². The third-order valence-electron chi connectivity index (χ3n) is 2.84. The van der Waals surface area contributed by atoms with E-state index >= 15 is 0 Å². The topological polar surface area (TPSA) is 75.6 Å². The van der Waals surface area contributed by atoms with Crippen LogP contribution in [0.4, 0.5) is 4.79 Å². The zero-order chi connectivity index (χ0) is 15.1. The van der Waals surface area contributed by atoms with E-state index in [4.69, 9.17) is 9.84 Å². The molecule has 2 aromatic carbocycles. The molecule has 0 atom stereocenters. The van der Waals surface area contributed by atoms with E-state index in [2.05, 4.69) is 5.32 Å². The van der Waals surface area contributed by atoms with E-state index in [9.17, 15) is 9.59 Å². The lowest BCUT2D eigenvalue weighted by Gasteiger charge is -2.06. The maximum atomic E-state index is 11.5. The molecule has 0 aromatic heterocycles. The van der Waals surface area contributed by atoms with Crippen molar-refractivity contribution in [2.45, 2.75) is 6.42 Å². The molecular weight excluding hydrogens is 270 g/mol. The van der Waals surface area contributed by atoms with Crippen LogP contribution >= 0.6 is 0 Å². The Morgan fingerprint density at radius 1 is 1.00 bits per heavy atom. The van der Waals surface area contributed by atoms with Crippen LogP contribution in [-0.4, -0.2) is 23.7 Å². The number of amides is 1. The van der Waals surface area contributed by atoms with Crippen molar-refractivity contribution in [3.8, 4) is 5.75 Å². The number of aromatic carboxylic acids is 1. The molecule has 2 rings (SSSR count). The van der Waals surface area contributed by atoms with Gasteiger partial charge in [0.05, 0.1) is 5.56 Å². The number of carboxylic acid groups (broad SMARTS) is 1. The van der Waals surface area contributed by atoms with Crippen molar-refractivity contribution < 1.29 is 19.4 Å². The molecular formula is C16H15NO4. The van der Waals surface area contributed by atoms with Crippen LogP contribution in [0.15, 0.2) is 54.6 Å². The number of para-hydroxylation sites is 1. The maximum absolute atomic E-state index is 11.5. The van der Waals surface area contributed by atoms with Crippen molar-refractivity contribution in [2.24, 2.45) is 0 Å². The number of ether oxygens (including phenoxy) is 1. The molecule has 108 valence electrons. The summed E-state index contributed by atoms with van der Waals surface area (Å²) in [4.78, 5) is 22.3. The van der Waals surface area contributed by atoms with Gasteiger partial charge in [-0.3, -0.25) is 0 Å². The first-order valence-corrected chi connectivity index (χ1v) is 6.48. The van der Waals surface area contributed by atoms with Gasteiger partial charge in [-0.15, -0.1) is 0 Å². The van der Waals surface area contributed by atoms with Gasteiger partial charge in [-0.05, 0) is 36.2 Å². The average molecular weight is 285 g/mol. The molecule has 0 aliphatic rings. The Kier molecular flexibility index (Phi) is 4.93. The lowest BCUT2D eigenvalue weighted by molar-refractivity contribution is 0.0697. The molecule has 2 aromatic rings. The van der Waals surface area contributed by atoms with Gasteiger partial charge >= 0.3 is 12.1 Å². The molecule has 0 saturated heterocycles. The molecule has 0 fully saturated rings. The quantitative estimate of drug-likeness (QED) is 0.885. The number of hydrogen-bond acceptors (Lipinski definition) is 3. The van der Waals surface area contributed by atoms with Gasteiger partial charge in [0.1, 0.15) is 5.75 Å². The Balaban J connectivity index is 1.76. The second-order valence-corrected chi connectivity index (χ2v) is 4.38. The summed E-state index contributed by atoms with van der Waals surface area (Å²) in [5, 5.41) is 11.4. The first-order chi connectivity index (χ1) is 10.1. The van der Waals surface area contributed by atoms with Crippen molar-refractivity contribution in [1.82, 2.24) is 5.32 Å². The predicted octanol–water partition coefficient (Wildman–Crippen LogP) is 2.72. The third kappa shape index (κ3) is 4.65. The summed E-state index contributed by atoms with van der Waals surface area (Å²) in [6.45, 7) is 0.415. The highest BCUT2D eigenvalue weighted by molar-refractivity contribution is 5.87. The summed E-state index contributed by atoms with van der Waals surface area (Å²) in [7, 11) is 0. The fourth-order valence-electron chi connectivity index (χ4n) is 1.75. The average Bonchev–Trinajstić information content (AvgIpc) is 2.49. The standard InChI is InChI=1S/C16H15NO4/c18-15(19)13-8-6-12(7-9-13)10-11-17-16(20)21-14-4-2-1-3-5-14/h1-9H,10-11H2,(H,17,20)(H,18,19). The molecule has 0 saturated carbocycles. The summed E-state index contributed by atoms with van der Waals surface area (Å²) in [6.07, 6.45) is 0.0902. The van der Waals surface area contributed by atoms with Crippen LogP contribution < -0.4 is 10.1 Å². The van der Waals surface area contributed by atoms with Crippen molar-refractivity contribution in [1.29, 1.82) is 0 Å². The van der Waals surface area contributed by atoms with Gasteiger partial charge in [-0.2, -0.15) is 0 Å². The van der Waals surface area contributed by atoms with Crippen molar-refractivity contribution in [2.75, 3.05) is 6.54 Å². The third-order valence-corrected chi connectivity index (χ3v) is 2.84. The molecule has 0 unspecified atom stereocenters. The fraction of sp³-hybridized carbons (Fsp3) is 0.125. The summed E-state index contributed by atoms with van der Waals surface area (Å²) in [5.74, 6) is -0.466. The Morgan fingerprint density at radius 2 is 1.67 bits per heavy atom. The predicted molar refractivity (Wildman–Crippen MR) is 77.6 cm³/mol. The summed E-state index contributed by atoms with van der Waals surface area (Å²) < 4.78 is 5.08. The van der Waals surface area contributed by atoms with Gasteiger partial charge in [-0.1, -0.05) is 30.3 Å². The van der Waals surface area contributed by atoms with Gasteiger partial charge in [0.15, 0.2) is 0 Å². The van der Waals surface area contributed by atoms with E-state index < -0.39 is 12.1 Å². The van der Waals surface area contributed by atoms with Crippen LogP contribution in [0.5, 0.6) is 5.75 Å². The summed E-state index contributed by atoms with van der Waals surface area (Å²) in [5.41, 5.74) is 1.19. The van der Waals surface area contributed by atoms with E-state index in [1.165, 1.54) is 0 Å². The Bertz CT molecular complexity index is 608. The molecule has 0 aliphatic heterocycles. The number of nitrogens with one attached hydrogen (secondary N) is 1. The molecule has 0 heterocycles. The van der Waals surface area contributed by atoms with Gasteiger partial charge in [-0.25, -0.2) is 9.59 Å². The van der Waals surface area contributed by atoms with Gasteiger partial charge < -0.3 is 15.2 Å². The number of carboxylic acids is 1. The highest BCUT2D eigenvalue weighted by Crippen LogP contribution is 2.08. The largest absolute Gasteiger partial charge is 0.478 e. The van der Waals surface area contributed by atoms with Crippen LogP contribution in [-0.2, 0) is 6.42 Å². The Morgan fingerprint density at radius 3 is 2.29 bits per heavy atom. The normalized spacial score (nSPS) is 9.90. The number of benzene rings is 2. The molecule has 5 heteroatoms. The minimum Gasteiger partial charge on any atom is -0.478 e. The Labute approximate surface area is 122 Å². The highest BCUT2D eigenvalue weighted by Gasteiger charge is 2.04. The van der Waals surface area contributed by atoms with Crippen molar-refractivity contribution in [3.63, 3.8) is 0 Å². The molecule has 2 N–H and O–H groups in total. The van der Waals surface area contributed by atoms with Crippen molar-refractivity contribution >= 4 is 12.1 Å². The van der Waals surface area contributed by atoms with Crippen LogP contribution in [0.3, 0.4) is 0 Å². The number of rotatable bonds is 5. The molecule has 0 aliphatic carbocycles. The number of carbonyl (C=O) groups is 2. The minimum atomic E-state index is -0.953. The van der Waals surface area contributed by atoms with Gasteiger partial charge in [0, 0.05) is 6.54 Å². The zero-order valence-electron chi connectivity index (χ0n) is 11.3. The Hall–Kier alpha value is -2.82. The lowest BCUT2D eigenvalue weighted by atomic mass is 10.1. The summed E-state index contributed by atoms with van der Waals surface area (Å²) >= 11 is 0. The molecule has 0 radical (unpaired) electrons. The molecule has 1 amide bonds. The molecule has 0 bridgehead atoms. The SMILES string of the molecule is O=C(NCCc1ccc(C(=O)O)cc1)Oc1ccccc1. The molecule has 5 nitrogen and oxygen atoms in total. The lowest BCUT2D eigenvalue weighted by Crippen LogP contribution is -2.28. The van der Waals surface area contributed by atoms with Crippen LogP contribution in [0, 0.1) is 0 Å². The monoisotopic (exact) mass is 285 g/mol. The second-order valence-electron chi connectivity index (χ2n) is 4.38. The van der Waals surface area contributed by atoms with Crippen molar-refractivity contribution in [3.05, 3.63) is 65.7 Å². The first kappa shape index (κ1) is 14.6. The number of hydrogen-bond donors (Lipinski definition) is 2. The van der Waals surface area contributed by atoms with Gasteiger partial charge in [0.25, 0.3) is 0 Å². The van der Waals surface area contributed by atoms with Gasteiger partial charge in [0.2, 0.25) is 0 Å². The summed E-state index contributed by atoms with van der Waals surface area (Å²) in [6, 6.07) is 15.3. The molecule has 21 heavy (non-hydrogen) atoms. The number of carbonyl (C=O) groups excluding carboxylic acids is 1. The molecule has 0 spiro atoms. The van der Waals surface area contributed by atoms with E-state index in [0.717, 1.165) is 5.56 Å². The first-order valence-electron chi connectivity index (χ1n) is 6.48. The highest BCUT2D eigenvalue weighted by atomic mass is 16.6. The second kappa shape index (κ2) is 7.09.